The van der Waals surface area contributed by atoms with Gasteiger partial charge in [0.15, 0.2) is 0 Å². The number of phosphoric acid groups is 1. The molecule has 0 bridgehead atoms. The van der Waals surface area contributed by atoms with Crippen LogP contribution >= 0.6 is 7.82 Å². The van der Waals surface area contributed by atoms with Crippen molar-refractivity contribution in [2.24, 2.45) is 0 Å². The van der Waals surface area contributed by atoms with Crippen molar-refractivity contribution >= 4 is 13.7 Å². The van der Waals surface area contributed by atoms with Gasteiger partial charge in [0.2, 0.25) is 5.91 Å². The molecular weight excluding hydrogens is 683 g/mol. The molecule has 1 unspecified atom stereocenters. The monoisotopic (exact) mass is 769 g/mol. The van der Waals surface area contributed by atoms with E-state index in [1.807, 2.05) is 27.2 Å². The molecule has 0 radical (unpaired) electrons. The van der Waals surface area contributed by atoms with Gasteiger partial charge in [-0.2, -0.15) is 0 Å². The number of allylic oxidation sites excluding steroid dienone is 5. The first kappa shape index (κ1) is 51.7. The van der Waals surface area contributed by atoms with E-state index in [-0.39, 0.29) is 12.5 Å². The number of hydrogen-bond acceptors (Lipinski definition) is 6. The van der Waals surface area contributed by atoms with Gasteiger partial charge < -0.3 is 28.8 Å². The lowest BCUT2D eigenvalue weighted by Gasteiger charge is -2.29. The zero-order valence-electron chi connectivity index (χ0n) is 35.2. The number of likely N-dealkylation sites (N-methyl/N-ethyl adjacent to an activating group) is 1. The van der Waals surface area contributed by atoms with Crippen molar-refractivity contribution < 1.29 is 32.9 Å². The van der Waals surface area contributed by atoms with Crippen LogP contribution in [0.15, 0.2) is 36.5 Å². The van der Waals surface area contributed by atoms with Crippen molar-refractivity contribution in [3.8, 4) is 0 Å². The Morgan fingerprint density at radius 2 is 1.06 bits per heavy atom. The second-order valence-electron chi connectivity index (χ2n) is 16.0. The third-order valence-electron chi connectivity index (χ3n) is 9.57. The van der Waals surface area contributed by atoms with Gasteiger partial charge in [-0.15, -0.1) is 0 Å². The lowest BCUT2D eigenvalue weighted by atomic mass is 10.0. The minimum atomic E-state index is -4.59. The number of rotatable bonds is 39. The van der Waals surface area contributed by atoms with E-state index in [0.717, 1.165) is 38.5 Å². The number of nitrogens with zero attached hydrogens (tertiary/aromatic N) is 1. The molecule has 312 valence electrons. The Hall–Kier alpha value is -1.28. The number of phosphoric ester groups is 1. The molecule has 2 N–H and O–H groups in total. The second kappa shape index (κ2) is 36.4. The Bertz CT molecular complexity index is 964. The summed E-state index contributed by atoms with van der Waals surface area (Å²) in [4.78, 5) is 25.2. The van der Waals surface area contributed by atoms with Crippen molar-refractivity contribution in [1.82, 2.24) is 5.32 Å². The average molecular weight is 769 g/mol. The third kappa shape index (κ3) is 38.8. The van der Waals surface area contributed by atoms with Crippen molar-refractivity contribution in [2.45, 2.75) is 199 Å². The Labute approximate surface area is 327 Å². The predicted octanol–water partition coefficient (Wildman–Crippen LogP) is 11.3. The number of hydrogen-bond donors (Lipinski definition) is 2. The Kier molecular flexibility index (Phi) is 35.5. The fourth-order valence-corrected chi connectivity index (χ4v) is 6.77. The van der Waals surface area contributed by atoms with Gasteiger partial charge in [-0.1, -0.05) is 159 Å². The van der Waals surface area contributed by atoms with Crippen LogP contribution in [0, 0.1) is 0 Å². The molecule has 8 nitrogen and oxygen atoms in total. The fraction of sp³-hybridized carbons (Fsp3) is 0.841. The second-order valence-corrected chi connectivity index (χ2v) is 17.4. The molecule has 0 heterocycles. The summed E-state index contributed by atoms with van der Waals surface area (Å²) in [5.41, 5.74) is 0. The van der Waals surface area contributed by atoms with E-state index in [2.05, 4.69) is 43.5 Å². The lowest BCUT2D eigenvalue weighted by Crippen LogP contribution is -2.45. The van der Waals surface area contributed by atoms with Crippen molar-refractivity contribution in [1.29, 1.82) is 0 Å². The minimum absolute atomic E-state index is 0.00658. The molecule has 0 aromatic heterocycles. The van der Waals surface area contributed by atoms with Crippen LogP contribution < -0.4 is 10.2 Å². The molecule has 0 aromatic carbocycles. The maximum absolute atomic E-state index is 12.8. The van der Waals surface area contributed by atoms with Crippen LogP contribution in [-0.4, -0.2) is 68.5 Å². The van der Waals surface area contributed by atoms with Crippen LogP contribution in [0.2, 0.25) is 0 Å². The first-order valence-electron chi connectivity index (χ1n) is 21.9. The van der Waals surface area contributed by atoms with Gasteiger partial charge in [0.05, 0.1) is 39.9 Å². The van der Waals surface area contributed by atoms with Crippen LogP contribution in [0.4, 0.5) is 0 Å². The normalized spacial score (nSPS) is 14.8. The molecule has 0 aliphatic carbocycles. The van der Waals surface area contributed by atoms with E-state index in [1.54, 1.807) is 6.08 Å². The number of unbranched alkanes of at least 4 members (excludes halogenated alkanes) is 22. The Morgan fingerprint density at radius 1 is 0.642 bits per heavy atom. The third-order valence-corrected chi connectivity index (χ3v) is 10.5. The van der Waals surface area contributed by atoms with Gasteiger partial charge in [0.25, 0.3) is 7.82 Å². The average Bonchev–Trinajstić information content (AvgIpc) is 3.10. The van der Waals surface area contributed by atoms with Gasteiger partial charge in [-0.3, -0.25) is 9.36 Å². The molecular formula is C44H85N2O6P. The highest BCUT2D eigenvalue weighted by Crippen LogP contribution is 2.38. The molecule has 1 amide bonds. The number of aliphatic hydroxyl groups excluding tert-OH is 1. The zero-order valence-corrected chi connectivity index (χ0v) is 36.1. The smallest absolute Gasteiger partial charge is 0.268 e. The highest BCUT2D eigenvalue weighted by Gasteiger charge is 2.23. The van der Waals surface area contributed by atoms with Gasteiger partial charge in [0, 0.05) is 6.42 Å². The first-order chi connectivity index (χ1) is 25.5. The molecule has 0 fully saturated rings. The number of carbonyl (C=O) groups is 1. The van der Waals surface area contributed by atoms with Crippen LogP contribution in [0.5, 0.6) is 0 Å². The highest BCUT2D eigenvalue weighted by atomic mass is 31.2. The number of carbonyl (C=O) groups excluding carboxylic acids is 1. The van der Waals surface area contributed by atoms with Gasteiger partial charge in [0.1, 0.15) is 13.2 Å². The number of quaternary nitrogens is 1. The SMILES string of the molecule is CCCCCC/C=C/CC/C=C/[C@@H](O)[C@H](COP(=O)([O-])OCC[N+](C)(C)C)NC(=O)CCCCCCCCCCCCC/C=C/CCCCCCCC. The van der Waals surface area contributed by atoms with E-state index < -0.39 is 26.6 Å². The fourth-order valence-electron chi connectivity index (χ4n) is 6.04. The summed E-state index contributed by atoms with van der Waals surface area (Å²) in [6, 6.07) is -0.900. The first-order valence-corrected chi connectivity index (χ1v) is 23.3. The Balaban J connectivity index is 4.31. The number of amides is 1. The van der Waals surface area contributed by atoms with Crippen LogP contribution in [-0.2, 0) is 18.4 Å². The molecule has 3 atom stereocenters. The summed E-state index contributed by atoms with van der Waals surface area (Å²) in [5.74, 6) is -0.211. The van der Waals surface area contributed by atoms with Gasteiger partial charge >= 0.3 is 0 Å². The topological polar surface area (TPSA) is 108 Å². The standard InChI is InChI=1S/C44H85N2O6P/c1-6-8-10-12-14-16-18-19-20-21-22-23-24-25-26-27-28-30-32-34-36-38-44(48)45-42(41-52-53(49,50)51-40-39-46(3,4)5)43(47)37-35-33-31-29-17-15-13-11-9-7-2/h17,19-20,29,35,37,42-43,47H,6-16,18,21-28,30-34,36,38-41H2,1-5H3,(H-,45,48,49,50)/b20-19+,29-17+,37-35+/t42-,43+/m0/s1. The summed E-state index contributed by atoms with van der Waals surface area (Å²) >= 11 is 0. The molecule has 0 rings (SSSR count). The number of nitrogens with one attached hydrogen (secondary N) is 1. The van der Waals surface area contributed by atoms with Crippen molar-refractivity contribution in [3.63, 3.8) is 0 Å². The zero-order chi connectivity index (χ0) is 39.3. The van der Waals surface area contributed by atoms with Crippen LogP contribution in [0.25, 0.3) is 0 Å². The summed E-state index contributed by atoms with van der Waals surface area (Å²) in [5, 5.41) is 13.7. The molecule has 0 aliphatic rings. The molecule has 9 heteroatoms. The molecule has 0 aliphatic heterocycles. The quantitative estimate of drug-likeness (QED) is 0.0279. The van der Waals surface area contributed by atoms with Crippen LogP contribution in [0.3, 0.4) is 0 Å². The maximum Gasteiger partial charge on any atom is 0.268 e. The van der Waals surface area contributed by atoms with Crippen molar-refractivity contribution in [3.05, 3.63) is 36.5 Å². The van der Waals surface area contributed by atoms with E-state index in [0.29, 0.717) is 17.4 Å². The summed E-state index contributed by atoms with van der Waals surface area (Å²) in [6.45, 7) is 4.57. The largest absolute Gasteiger partial charge is 0.756 e. The van der Waals surface area contributed by atoms with Crippen molar-refractivity contribution in [2.75, 3.05) is 40.9 Å². The maximum atomic E-state index is 12.8. The molecule has 0 aromatic rings. The Morgan fingerprint density at radius 3 is 1.55 bits per heavy atom. The minimum Gasteiger partial charge on any atom is -0.756 e. The molecule has 0 spiro atoms. The van der Waals surface area contributed by atoms with E-state index in [4.69, 9.17) is 9.05 Å². The molecule has 0 saturated heterocycles. The highest BCUT2D eigenvalue weighted by molar-refractivity contribution is 7.45. The molecule has 53 heavy (non-hydrogen) atoms. The summed E-state index contributed by atoms with van der Waals surface area (Å²) in [7, 11) is 1.24. The van der Waals surface area contributed by atoms with E-state index >= 15 is 0 Å². The van der Waals surface area contributed by atoms with Gasteiger partial charge in [-0.05, 0) is 57.8 Å². The predicted molar refractivity (Wildman–Crippen MR) is 224 cm³/mol. The van der Waals surface area contributed by atoms with E-state index in [1.165, 1.54) is 128 Å². The summed E-state index contributed by atoms with van der Waals surface area (Å²) in [6.07, 6.45) is 43.4. The molecule has 0 saturated carbocycles. The lowest BCUT2D eigenvalue weighted by molar-refractivity contribution is -0.870. The van der Waals surface area contributed by atoms with E-state index in [9.17, 15) is 19.4 Å². The number of aliphatic hydroxyl groups is 1. The van der Waals surface area contributed by atoms with Gasteiger partial charge in [-0.25, -0.2) is 0 Å². The van der Waals surface area contributed by atoms with Crippen LogP contribution in [0.1, 0.15) is 187 Å². The summed E-state index contributed by atoms with van der Waals surface area (Å²) < 4.78 is 23.1.